The molecule has 1 saturated carbocycles. The van der Waals surface area contributed by atoms with Gasteiger partial charge in [0.2, 0.25) is 11.7 Å². The summed E-state index contributed by atoms with van der Waals surface area (Å²) in [5.74, 6) is -1.04. The Morgan fingerprint density at radius 3 is 2.57 bits per heavy atom. The molecule has 0 spiro atoms. The smallest absolute Gasteiger partial charge is 0.474 e. The van der Waals surface area contributed by atoms with Gasteiger partial charge in [-0.3, -0.25) is 9.59 Å². The van der Waals surface area contributed by atoms with Crippen molar-refractivity contribution < 1.29 is 41.4 Å². The van der Waals surface area contributed by atoms with E-state index >= 15 is 0 Å². The molecule has 0 aliphatic heterocycles. The van der Waals surface area contributed by atoms with E-state index < -0.39 is 17.9 Å². The minimum absolute atomic E-state index is 0.0501. The largest absolute Gasteiger partial charge is 0.573 e. The number of hydrogen-bond donors (Lipinski definition) is 1. The van der Waals surface area contributed by atoms with Crippen molar-refractivity contribution in [2.75, 3.05) is 12.4 Å². The van der Waals surface area contributed by atoms with Crippen LogP contribution in [0.3, 0.4) is 0 Å². The van der Waals surface area contributed by atoms with Crippen LogP contribution in [0.4, 0.5) is 24.9 Å². The SMILES string of the molecule is COC(=O)C1CCC(Oc2ccc(CC(=O)c3nnc(Nc4cccc(OC(F)(F)F)c4)o3)cn2)CC1. The molecular formula is C24H23F3N4O6. The molecule has 1 fully saturated rings. The van der Waals surface area contributed by atoms with Crippen molar-refractivity contribution >= 4 is 23.5 Å². The Bertz CT molecular complexity index is 1220. The average molecular weight is 520 g/mol. The molecule has 13 heteroatoms. The van der Waals surface area contributed by atoms with Gasteiger partial charge in [-0.2, -0.15) is 0 Å². The molecule has 37 heavy (non-hydrogen) atoms. The number of alkyl halides is 3. The molecule has 0 radical (unpaired) electrons. The second kappa shape index (κ2) is 11.3. The van der Waals surface area contributed by atoms with Gasteiger partial charge in [-0.25, -0.2) is 4.98 Å². The van der Waals surface area contributed by atoms with E-state index in [1.165, 1.54) is 25.4 Å². The second-order valence-corrected chi connectivity index (χ2v) is 8.33. The summed E-state index contributed by atoms with van der Waals surface area (Å²) >= 11 is 0. The van der Waals surface area contributed by atoms with Crippen molar-refractivity contribution in [3.63, 3.8) is 0 Å². The average Bonchev–Trinajstić information content (AvgIpc) is 3.33. The lowest BCUT2D eigenvalue weighted by atomic mass is 9.87. The second-order valence-electron chi connectivity index (χ2n) is 8.33. The molecule has 4 rings (SSSR count). The van der Waals surface area contributed by atoms with Crippen molar-refractivity contribution in [1.82, 2.24) is 15.2 Å². The van der Waals surface area contributed by atoms with Crippen molar-refractivity contribution in [1.29, 1.82) is 0 Å². The van der Waals surface area contributed by atoms with E-state index in [0.717, 1.165) is 25.0 Å². The van der Waals surface area contributed by atoms with E-state index in [1.54, 1.807) is 12.1 Å². The molecule has 196 valence electrons. The van der Waals surface area contributed by atoms with Crippen LogP contribution in [-0.4, -0.2) is 46.5 Å². The molecule has 0 unspecified atom stereocenters. The van der Waals surface area contributed by atoms with Crippen LogP contribution >= 0.6 is 0 Å². The monoisotopic (exact) mass is 520 g/mol. The molecular weight excluding hydrogens is 497 g/mol. The Kier molecular flexibility index (Phi) is 7.89. The maximum atomic E-state index is 12.5. The van der Waals surface area contributed by atoms with Gasteiger partial charge in [0, 0.05) is 30.4 Å². The highest BCUT2D eigenvalue weighted by Crippen LogP contribution is 2.28. The van der Waals surface area contributed by atoms with E-state index in [1.807, 2.05) is 0 Å². The quantitative estimate of drug-likeness (QED) is 0.315. The first kappa shape index (κ1) is 25.9. The molecule has 1 aliphatic rings. The number of methoxy groups -OCH3 is 1. The molecule has 0 atom stereocenters. The minimum atomic E-state index is -4.83. The highest BCUT2D eigenvalue weighted by Gasteiger charge is 2.31. The zero-order chi connectivity index (χ0) is 26.4. The highest BCUT2D eigenvalue weighted by atomic mass is 19.4. The fourth-order valence-corrected chi connectivity index (χ4v) is 3.88. The molecule has 2 aromatic heterocycles. The molecule has 10 nitrogen and oxygen atoms in total. The van der Waals surface area contributed by atoms with Crippen molar-refractivity contribution in [2.24, 2.45) is 5.92 Å². The summed E-state index contributed by atoms with van der Waals surface area (Å²) in [4.78, 5) is 28.4. The molecule has 1 aliphatic carbocycles. The Balaban J connectivity index is 1.28. The number of ether oxygens (including phenoxy) is 3. The lowest BCUT2D eigenvalue weighted by molar-refractivity contribution is -0.274. The number of pyridine rings is 1. The van der Waals surface area contributed by atoms with Crippen molar-refractivity contribution in [3.8, 4) is 11.6 Å². The Labute approximate surface area is 209 Å². The first-order valence-corrected chi connectivity index (χ1v) is 11.4. The number of esters is 1. The third-order valence-corrected chi connectivity index (χ3v) is 5.64. The summed E-state index contributed by atoms with van der Waals surface area (Å²) in [6.07, 6.45) is -0.610. The molecule has 0 amide bonds. The predicted molar refractivity (Wildman–Crippen MR) is 121 cm³/mol. The van der Waals surface area contributed by atoms with Crippen LogP contribution in [0, 0.1) is 5.92 Å². The van der Waals surface area contributed by atoms with Crippen LogP contribution in [0.1, 0.15) is 41.9 Å². The van der Waals surface area contributed by atoms with Gasteiger partial charge in [0.25, 0.3) is 5.89 Å². The summed E-state index contributed by atoms with van der Waals surface area (Å²) < 4.78 is 57.0. The maximum absolute atomic E-state index is 12.5. The number of aromatic nitrogens is 3. The van der Waals surface area contributed by atoms with Gasteiger partial charge in [0.1, 0.15) is 11.9 Å². The molecule has 2 heterocycles. The summed E-state index contributed by atoms with van der Waals surface area (Å²) in [5, 5.41) is 10.0. The Morgan fingerprint density at radius 2 is 1.89 bits per heavy atom. The van der Waals surface area contributed by atoms with E-state index in [2.05, 4.69) is 25.2 Å². The summed E-state index contributed by atoms with van der Waals surface area (Å²) in [5.41, 5.74) is 0.791. The lowest BCUT2D eigenvalue weighted by Crippen LogP contribution is -2.28. The van der Waals surface area contributed by atoms with Crippen LogP contribution in [0.25, 0.3) is 0 Å². The van der Waals surface area contributed by atoms with Gasteiger partial charge in [-0.15, -0.1) is 18.3 Å². The number of ketones is 1. The third-order valence-electron chi connectivity index (χ3n) is 5.64. The van der Waals surface area contributed by atoms with Crippen LogP contribution in [0.15, 0.2) is 47.0 Å². The van der Waals surface area contributed by atoms with Gasteiger partial charge in [-0.05, 0) is 43.4 Å². The number of benzene rings is 1. The summed E-state index contributed by atoms with van der Waals surface area (Å²) in [7, 11) is 1.38. The van der Waals surface area contributed by atoms with Gasteiger partial charge >= 0.3 is 18.3 Å². The van der Waals surface area contributed by atoms with E-state index in [4.69, 9.17) is 13.9 Å². The molecule has 0 bridgehead atoms. The standard InChI is InChI=1S/C24H23F3N4O6/c1-34-22(33)15-6-8-17(9-7-15)35-20-10-5-14(13-28-20)11-19(32)21-30-31-23(36-21)29-16-3-2-4-18(12-16)37-24(25,26)27/h2-5,10,12-13,15,17H,6-9,11H2,1H3,(H,29,31). The zero-order valence-corrected chi connectivity index (χ0v) is 19.7. The predicted octanol–water partition coefficient (Wildman–Crippen LogP) is 4.64. The number of nitrogens with one attached hydrogen (secondary N) is 1. The third kappa shape index (κ3) is 7.41. The summed E-state index contributed by atoms with van der Waals surface area (Å²) in [6, 6.07) is 8.24. The van der Waals surface area contributed by atoms with E-state index in [0.29, 0.717) is 24.3 Å². The normalized spacial score (nSPS) is 17.6. The molecule has 1 aromatic carbocycles. The lowest BCUT2D eigenvalue weighted by Gasteiger charge is -2.27. The van der Waals surface area contributed by atoms with Crippen LogP contribution < -0.4 is 14.8 Å². The molecule has 1 N–H and O–H groups in total. The number of carbonyl (C=O) groups is 2. The van der Waals surface area contributed by atoms with Crippen molar-refractivity contribution in [2.45, 2.75) is 44.6 Å². The van der Waals surface area contributed by atoms with E-state index in [9.17, 15) is 22.8 Å². The molecule has 0 saturated heterocycles. The number of halogens is 3. The Morgan fingerprint density at radius 1 is 1.11 bits per heavy atom. The minimum Gasteiger partial charge on any atom is -0.474 e. The van der Waals surface area contributed by atoms with Crippen LogP contribution in [-0.2, 0) is 16.0 Å². The topological polar surface area (TPSA) is 126 Å². The van der Waals surface area contributed by atoms with Crippen LogP contribution in [0.5, 0.6) is 11.6 Å². The number of rotatable bonds is 9. The van der Waals surface area contributed by atoms with Gasteiger partial charge in [-0.1, -0.05) is 17.2 Å². The first-order chi connectivity index (χ1) is 17.7. The number of hydrogen-bond acceptors (Lipinski definition) is 10. The number of anilines is 2. The maximum Gasteiger partial charge on any atom is 0.573 e. The molecule has 3 aromatic rings. The Hall–Kier alpha value is -4.16. The van der Waals surface area contributed by atoms with Gasteiger partial charge in [0.15, 0.2) is 0 Å². The fraction of sp³-hybridized carbons (Fsp3) is 0.375. The fourth-order valence-electron chi connectivity index (χ4n) is 3.88. The first-order valence-electron chi connectivity index (χ1n) is 11.4. The van der Waals surface area contributed by atoms with E-state index in [-0.39, 0.29) is 42.0 Å². The van der Waals surface area contributed by atoms with Crippen LogP contribution in [0.2, 0.25) is 0 Å². The van der Waals surface area contributed by atoms with Gasteiger partial charge in [0.05, 0.1) is 13.0 Å². The van der Waals surface area contributed by atoms with Crippen molar-refractivity contribution in [3.05, 3.63) is 54.0 Å². The summed E-state index contributed by atoms with van der Waals surface area (Å²) in [6.45, 7) is 0. The number of Topliss-reactive ketones (excluding diaryl/α,β-unsaturated/α-hetero) is 1. The zero-order valence-electron chi connectivity index (χ0n) is 19.7. The number of carbonyl (C=O) groups excluding carboxylic acids is 2. The highest BCUT2D eigenvalue weighted by molar-refractivity contribution is 5.93. The van der Waals surface area contributed by atoms with Gasteiger partial charge < -0.3 is 23.9 Å². The number of nitrogens with zero attached hydrogens (tertiary/aromatic N) is 3.